The summed E-state index contributed by atoms with van der Waals surface area (Å²) < 4.78 is 5.44. The zero-order chi connectivity index (χ0) is 11.3. The molecule has 0 amide bonds. The summed E-state index contributed by atoms with van der Waals surface area (Å²) in [5.74, 6) is -0.836. The van der Waals surface area contributed by atoms with Crippen LogP contribution < -0.4 is 0 Å². The maximum atomic E-state index is 10.7. The Morgan fingerprint density at radius 1 is 1.47 bits per heavy atom. The minimum Gasteiger partial charge on any atom is -0.481 e. The van der Waals surface area contributed by atoms with Crippen LogP contribution in [0.1, 0.15) is 30.6 Å². The second kappa shape index (κ2) is 5.51. The van der Waals surface area contributed by atoms with Crippen molar-refractivity contribution in [3.8, 4) is 0 Å². The summed E-state index contributed by atoms with van der Waals surface area (Å²) in [6.45, 7) is 4.35. The predicted octanol–water partition coefficient (Wildman–Crippen LogP) is 2.55. The van der Waals surface area contributed by atoms with Gasteiger partial charge in [0.25, 0.3) is 0 Å². The SMILES string of the molecule is CCOC(CC(=O)O)c1ccccc1C. The number of hydrogen-bond donors (Lipinski definition) is 1. The lowest BCUT2D eigenvalue weighted by Gasteiger charge is -2.17. The molecule has 0 bridgehead atoms. The molecular formula is C12H16O3. The number of carbonyl (C=O) groups is 1. The van der Waals surface area contributed by atoms with Gasteiger partial charge in [0.1, 0.15) is 0 Å². The molecule has 0 aliphatic heterocycles. The van der Waals surface area contributed by atoms with Crippen LogP contribution >= 0.6 is 0 Å². The normalized spacial score (nSPS) is 12.4. The molecule has 3 heteroatoms. The van der Waals surface area contributed by atoms with Gasteiger partial charge >= 0.3 is 5.97 Å². The fourth-order valence-electron chi connectivity index (χ4n) is 1.57. The van der Waals surface area contributed by atoms with Crippen LogP contribution in [0.25, 0.3) is 0 Å². The number of benzene rings is 1. The van der Waals surface area contributed by atoms with Crippen molar-refractivity contribution >= 4 is 5.97 Å². The van der Waals surface area contributed by atoms with E-state index in [1.165, 1.54) is 0 Å². The molecule has 15 heavy (non-hydrogen) atoms. The summed E-state index contributed by atoms with van der Waals surface area (Å²) in [5, 5.41) is 8.78. The quantitative estimate of drug-likeness (QED) is 0.808. The van der Waals surface area contributed by atoms with E-state index in [4.69, 9.17) is 9.84 Å². The number of ether oxygens (including phenoxy) is 1. The topological polar surface area (TPSA) is 46.5 Å². The van der Waals surface area contributed by atoms with E-state index in [9.17, 15) is 4.79 Å². The summed E-state index contributed by atoms with van der Waals surface area (Å²) in [6, 6.07) is 7.71. The van der Waals surface area contributed by atoms with E-state index >= 15 is 0 Å². The van der Waals surface area contributed by atoms with Gasteiger partial charge in [0.05, 0.1) is 12.5 Å². The number of aliphatic carboxylic acids is 1. The molecule has 1 N–H and O–H groups in total. The summed E-state index contributed by atoms with van der Waals surface area (Å²) in [4.78, 5) is 10.7. The molecule has 1 atom stereocenters. The second-order valence-corrected chi connectivity index (χ2v) is 3.40. The van der Waals surface area contributed by atoms with Crippen LogP contribution in [-0.4, -0.2) is 17.7 Å². The highest BCUT2D eigenvalue weighted by molar-refractivity contribution is 5.67. The average molecular weight is 208 g/mol. The summed E-state index contributed by atoms with van der Waals surface area (Å²) in [7, 11) is 0. The summed E-state index contributed by atoms with van der Waals surface area (Å²) in [5.41, 5.74) is 2.03. The Labute approximate surface area is 89.7 Å². The number of carboxylic acid groups (broad SMARTS) is 1. The molecule has 1 rings (SSSR count). The van der Waals surface area contributed by atoms with Gasteiger partial charge in [-0.2, -0.15) is 0 Å². The minimum atomic E-state index is -0.836. The van der Waals surface area contributed by atoms with E-state index < -0.39 is 5.97 Å². The zero-order valence-corrected chi connectivity index (χ0v) is 9.06. The Balaban J connectivity index is 2.88. The monoisotopic (exact) mass is 208 g/mol. The van der Waals surface area contributed by atoms with Crippen LogP contribution in [0.4, 0.5) is 0 Å². The van der Waals surface area contributed by atoms with Gasteiger partial charge in [-0.25, -0.2) is 0 Å². The van der Waals surface area contributed by atoms with Gasteiger partial charge in [-0.1, -0.05) is 24.3 Å². The van der Waals surface area contributed by atoms with Gasteiger partial charge in [-0.05, 0) is 25.0 Å². The predicted molar refractivity (Wildman–Crippen MR) is 57.8 cm³/mol. The molecule has 0 heterocycles. The highest BCUT2D eigenvalue weighted by atomic mass is 16.5. The Bertz CT molecular complexity index is 333. The number of aryl methyl sites for hydroxylation is 1. The van der Waals surface area contributed by atoms with Crippen molar-refractivity contribution in [1.82, 2.24) is 0 Å². The molecule has 1 aromatic rings. The first-order chi connectivity index (χ1) is 7.15. The zero-order valence-electron chi connectivity index (χ0n) is 9.06. The van der Waals surface area contributed by atoms with Gasteiger partial charge in [0.15, 0.2) is 0 Å². The molecule has 0 aliphatic rings. The maximum Gasteiger partial charge on any atom is 0.306 e. The highest BCUT2D eigenvalue weighted by Gasteiger charge is 2.16. The lowest BCUT2D eigenvalue weighted by molar-refractivity contribution is -0.140. The minimum absolute atomic E-state index is 0.0126. The summed E-state index contributed by atoms with van der Waals surface area (Å²) in [6.07, 6.45) is -0.327. The van der Waals surface area contributed by atoms with E-state index in [1.54, 1.807) is 0 Å². The van der Waals surface area contributed by atoms with Gasteiger partial charge in [-0.3, -0.25) is 4.79 Å². The lowest BCUT2D eigenvalue weighted by atomic mass is 10.0. The van der Waals surface area contributed by atoms with Crippen LogP contribution in [0.3, 0.4) is 0 Å². The van der Waals surface area contributed by atoms with E-state index in [1.807, 2.05) is 38.1 Å². The van der Waals surface area contributed by atoms with E-state index in [0.717, 1.165) is 11.1 Å². The summed E-state index contributed by atoms with van der Waals surface area (Å²) >= 11 is 0. The van der Waals surface area contributed by atoms with Crippen LogP contribution in [0.5, 0.6) is 0 Å². The Hall–Kier alpha value is -1.35. The van der Waals surface area contributed by atoms with Crippen molar-refractivity contribution in [2.45, 2.75) is 26.4 Å². The van der Waals surface area contributed by atoms with E-state index in [2.05, 4.69) is 0 Å². The fourth-order valence-corrected chi connectivity index (χ4v) is 1.57. The van der Waals surface area contributed by atoms with Gasteiger partial charge < -0.3 is 9.84 Å². The van der Waals surface area contributed by atoms with Gasteiger partial charge in [0.2, 0.25) is 0 Å². The van der Waals surface area contributed by atoms with Gasteiger partial charge in [-0.15, -0.1) is 0 Å². The molecule has 1 aromatic carbocycles. The molecule has 82 valence electrons. The van der Waals surface area contributed by atoms with Crippen LogP contribution in [0.2, 0.25) is 0 Å². The lowest BCUT2D eigenvalue weighted by Crippen LogP contribution is -2.11. The third-order valence-corrected chi connectivity index (χ3v) is 2.26. The number of carboxylic acids is 1. The molecule has 3 nitrogen and oxygen atoms in total. The molecule has 0 saturated carbocycles. The first-order valence-corrected chi connectivity index (χ1v) is 5.04. The van der Waals surface area contributed by atoms with Crippen LogP contribution in [0.15, 0.2) is 24.3 Å². The smallest absolute Gasteiger partial charge is 0.306 e. The number of rotatable bonds is 5. The van der Waals surface area contributed by atoms with Gasteiger partial charge in [0, 0.05) is 6.61 Å². The molecule has 1 unspecified atom stereocenters. The third-order valence-electron chi connectivity index (χ3n) is 2.26. The molecule has 0 aromatic heterocycles. The molecule has 0 spiro atoms. The Morgan fingerprint density at radius 3 is 2.67 bits per heavy atom. The molecule has 0 radical (unpaired) electrons. The maximum absolute atomic E-state index is 10.7. The van der Waals surface area contributed by atoms with Crippen LogP contribution in [-0.2, 0) is 9.53 Å². The first kappa shape index (κ1) is 11.7. The Morgan fingerprint density at radius 2 is 2.13 bits per heavy atom. The standard InChI is InChI=1S/C12H16O3/c1-3-15-11(8-12(13)14)10-7-5-4-6-9(10)2/h4-7,11H,3,8H2,1-2H3,(H,13,14). The van der Waals surface area contributed by atoms with Crippen molar-refractivity contribution < 1.29 is 14.6 Å². The Kier molecular flexibility index (Phi) is 4.31. The van der Waals surface area contributed by atoms with Crippen molar-refractivity contribution in [3.63, 3.8) is 0 Å². The van der Waals surface area contributed by atoms with Crippen molar-refractivity contribution in [2.24, 2.45) is 0 Å². The number of hydrogen-bond acceptors (Lipinski definition) is 2. The first-order valence-electron chi connectivity index (χ1n) is 5.04. The average Bonchev–Trinajstić information content (AvgIpc) is 2.17. The fraction of sp³-hybridized carbons (Fsp3) is 0.417. The molecule has 0 saturated heterocycles. The van der Waals surface area contributed by atoms with Crippen molar-refractivity contribution in [3.05, 3.63) is 35.4 Å². The molecule has 0 aliphatic carbocycles. The van der Waals surface area contributed by atoms with E-state index in [0.29, 0.717) is 6.61 Å². The van der Waals surface area contributed by atoms with Crippen molar-refractivity contribution in [1.29, 1.82) is 0 Å². The molecule has 0 fully saturated rings. The third kappa shape index (κ3) is 3.36. The van der Waals surface area contributed by atoms with Crippen LogP contribution in [0, 0.1) is 6.92 Å². The second-order valence-electron chi connectivity index (χ2n) is 3.40. The van der Waals surface area contributed by atoms with E-state index in [-0.39, 0.29) is 12.5 Å². The molecular weight excluding hydrogens is 192 g/mol. The largest absolute Gasteiger partial charge is 0.481 e. The van der Waals surface area contributed by atoms with Crippen molar-refractivity contribution in [2.75, 3.05) is 6.61 Å². The highest BCUT2D eigenvalue weighted by Crippen LogP contribution is 2.24.